The number of carbonyl (C=O) groups excluding carboxylic acids is 2. The summed E-state index contributed by atoms with van der Waals surface area (Å²) in [6, 6.07) is 0.432. The smallest absolute Gasteiger partial charge is 0.229 e. The van der Waals surface area contributed by atoms with Crippen molar-refractivity contribution in [1.82, 2.24) is 10.2 Å². The highest BCUT2D eigenvalue weighted by molar-refractivity contribution is 5.98. The number of likely N-dealkylation sites (tertiary alicyclic amines) is 1. The fourth-order valence-corrected chi connectivity index (χ4v) is 2.16. The summed E-state index contributed by atoms with van der Waals surface area (Å²) >= 11 is 0. The van der Waals surface area contributed by atoms with Crippen molar-refractivity contribution < 1.29 is 9.59 Å². The fraction of sp³-hybridized carbons (Fsp3) is 0.846. The maximum atomic E-state index is 11.9. The number of nitrogens with zero attached hydrogens (tertiary/aromatic N) is 1. The lowest BCUT2D eigenvalue weighted by Gasteiger charge is -2.34. The second-order valence-electron chi connectivity index (χ2n) is 5.79. The Kier molecular flexibility index (Phi) is 4.69. The molecular formula is C13H24N2O2. The summed E-state index contributed by atoms with van der Waals surface area (Å²) < 4.78 is 0. The van der Waals surface area contributed by atoms with E-state index in [1.165, 1.54) is 4.90 Å². The first kappa shape index (κ1) is 14.2. The van der Waals surface area contributed by atoms with Gasteiger partial charge in [-0.3, -0.25) is 14.5 Å². The molecular weight excluding hydrogens is 216 g/mol. The Morgan fingerprint density at radius 2 is 1.82 bits per heavy atom. The molecule has 4 nitrogen and oxygen atoms in total. The molecule has 0 aromatic rings. The number of rotatable bonds is 5. The molecule has 1 unspecified atom stereocenters. The van der Waals surface area contributed by atoms with Crippen LogP contribution in [0.1, 0.15) is 46.5 Å². The third kappa shape index (κ3) is 4.11. The lowest BCUT2D eigenvalue weighted by atomic mass is 9.81. The molecule has 0 radical (unpaired) electrons. The zero-order valence-corrected chi connectivity index (χ0v) is 11.4. The van der Waals surface area contributed by atoms with Gasteiger partial charge in [0.2, 0.25) is 11.8 Å². The quantitative estimate of drug-likeness (QED) is 0.742. The van der Waals surface area contributed by atoms with Gasteiger partial charge in [0.25, 0.3) is 0 Å². The number of piperidine rings is 1. The minimum absolute atomic E-state index is 0.0108. The van der Waals surface area contributed by atoms with Crippen LogP contribution in [0.5, 0.6) is 0 Å². The number of nitrogens with one attached hydrogen (secondary N) is 1. The zero-order chi connectivity index (χ0) is 13.1. The summed E-state index contributed by atoms with van der Waals surface area (Å²) in [6.45, 7) is 6.62. The van der Waals surface area contributed by atoms with E-state index >= 15 is 0 Å². The van der Waals surface area contributed by atoms with Gasteiger partial charge in [-0.05, 0) is 32.2 Å². The molecule has 0 aromatic carbocycles. The van der Waals surface area contributed by atoms with Gasteiger partial charge in [-0.25, -0.2) is 0 Å². The molecule has 1 rings (SSSR count). The average Bonchev–Trinajstić information content (AvgIpc) is 2.20. The summed E-state index contributed by atoms with van der Waals surface area (Å²) in [5.41, 5.74) is -0.164. The Labute approximate surface area is 104 Å². The lowest BCUT2D eigenvalue weighted by molar-refractivity contribution is -0.152. The van der Waals surface area contributed by atoms with Crippen LogP contribution < -0.4 is 5.32 Å². The Morgan fingerprint density at radius 1 is 1.29 bits per heavy atom. The second-order valence-corrected chi connectivity index (χ2v) is 5.79. The minimum atomic E-state index is -0.164. The van der Waals surface area contributed by atoms with Crippen LogP contribution >= 0.6 is 0 Å². The summed E-state index contributed by atoms with van der Waals surface area (Å²) in [5.74, 6) is -0.0216. The topological polar surface area (TPSA) is 49.4 Å². The predicted octanol–water partition coefficient (Wildman–Crippen LogP) is 1.55. The van der Waals surface area contributed by atoms with E-state index in [1.807, 2.05) is 20.9 Å². The molecule has 1 atom stereocenters. The van der Waals surface area contributed by atoms with Crippen molar-refractivity contribution in [3.63, 3.8) is 0 Å². The van der Waals surface area contributed by atoms with Gasteiger partial charge in [-0.1, -0.05) is 13.8 Å². The molecule has 98 valence electrons. The van der Waals surface area contributed by atoms with Gasteiger partial charge in [-0.15, -0.1) is 0 Å². The van der Waals surface area contributed by atoms with Gasteiger partial charge < -0.3 is 5.32 Å². The third-order valence-electron chi connectivity index (χ3n) is 3.37. The summed E-state index contributed by atoms with van der Waals surface area (Å²) in [6.07, 6.45) is 2.83. The monoisotopic (exact) mass is 240 g/mol. The van der Waals surface area contributed by atoms with Crippen molar-refractivity contribution in [2.75, 3.05) is 13.6 Å². The van der Waals surface area contributed by atoms with Crippen LogP contribution in [0.4, 0.5) is 0 Å². The normalized spacial score (nSPS) is 21.8. The van der Waals surface area contributed by atoms with Crippen molar-refractivity contribution in [3.05, 3.63) is 0 Å². The lowest BCUT2D eigenvalue weighted by Crippen LogP contribution is -2.46. The Morgan fingerprint density at radius 3 is 2.29 bits per heavy atom. The molecule has 0 bridgehead atoms. The molecule has 1 saturated heterocycles. The largest absolute Gasteiger partial charge is 0.317 e. The molecule has 1 aliphatic heterocycles. The minimum Gasteiger partial charge on any atom is -0.317 e. The van der Waals surface area contributed by atoms with Crippen LogP contribution in [0, 0.1) is 5.41 Å². The van der Waals surface area contributed by atoms with Crippen molar-refractivity contribution in [2.45, 2.75) is 52.5 Å². The Balaban J connectivity index is 2.44. The molecule has 4 heteroatoms. The van der Waals surface area contributed by atoms with E-state index in [0.29, 0.717) is 25.4 Å². The van der Waals surface area contributed by atoms with Gasteiger partial charge in [0, 0.05) is 25.4 Å². The van der Waals surface area contributed by atoms with Crippen LogP contribution in [0.25, 0.3) is 0 Å². The first-order chi connectivity index (χ1) is 7.85. The molecule has 17 heavy (non-hydrogen) atoms. The van der Waals surface area contributed by atoms with E-state index in [-0.39, 0.29) is 17.2 Å². The van der Waals surface area contributed by atoms with Crippen molar-refractivity contribution >= 4 is 11.8 Å². The van der Waals surface area contributed by atoms with Gasteiger partial charge in [0.05, 0.1) is 0 Å². The van der Waals surface area contributed by atoms with Gasteiger partial charge in [0.1, 0.15) is 0 Å². The van der Waals surface area contributed by atoms with E-state index in [9.17, 15) is 9.59 Å². The molecule has 0 aliphatic carbocycles. The summed E-state index contributed by atoms with van der Waals surface area (Å²) in [5, 5.41) is 3.15. The van der Waals surface area contributed by atoms with Crippen LogP contribution in [0.2, 0.25) is 0 Å². The molecule has 1 N–H and O–H groups in total. The highest BCUT2D eigenvalue weighted by Gasteiger charge is 2.36. The van der Waals surface area contributed by atoms with Crippen LogP contribution in [-0.4, -0.2) is 36.3 Å². The van der Waals surface area contributed by atoms with Crippen LogP contribution in [0.15, 0.2) is 0 Å². The van der Waals surface area contributed by atoms with E-state index < -0.39 is 0 Å². The Hall–Kier alpha value is -0.900. The van der Waals surface area contributed by atoms with Crippen molar-refractivity contribution in [3.8, 4) is 0 Å². The summed E-state index contributed by atoms with van der Waals surface area (Å²) in [4.78, 5) is 25.1. The maximum Gasteiger partial charge on any atom is 0.229 e. The first-order valence-electron chi connectivity index (χ1n) is 6.36. The van der Waals surface area contributed by atoms with Gasteiger partial charge in [-0.2, -0.15) is 0 Å². The molecule has 2 amide bonds. The standard InChI is InChI=1S/C13H24N2O2/c1-10(14-4)6-5-7-15-11(16)8-13(2,3)9-12(15)17/h10,14H,5-9H2,1-4H3. The predicted molar refractivity (Wildman–Crippen MR) is 67.5 cm³/mol. The number of amides is 2. The highest BCUT2D eigenvalue weighted by Crippen LogP contribution is 2.31. The van der Waals surface area contributed by atoms with E-state index in [2.05, 4.69) is 12.2 Å². The SMILES string of the molecule is CNC(C)CCCN1C(=O)CC(C)(C)CC1=O. The molecule has 0 spiro atoms. The molecule has 1 heterocycles. The van der Waals surface area contributed by atoms with Crippen LogP contribution in [-0.2, 0) is 9.59 Å². The number of hydrogen-bond acceptors (Lipinski definition) is 3. The molecule has 1 aliphatic rings. The first-order valence-corrected chi connectivity index (χ1v) is 6.36. The third-order valence-corrected chi connectivity index (χ3v) is 3.37. The molecule has 1 fully saturated rings. The number of hydrogen-bond donors (Lipinski definition) is 1. The highest BCUT2D eigenvalue weighted by atomic mass is 16.2. The molecule has 0 saturated carbocycles. The van der Waals surface area contributed by atoms with E-state index in [1.54, 1.807) is 0 Å². The number of imide groups is 1. The van der Waals surface area contributed by atoms with Crippen molar-refractivity contribution in [2.24, 2.45) is 5.41 Å². The molecule has 0 aromatic heterocycles. The summed E-state index contributed by atoms with van der Waals surface area (Å²) in [7, 11) is 1.92. The van der Waals surface area contributed by atoms with Gasteiger partial charge in [0.15, 0.2) is 0 Å². The zero-order valence-electron chi connectivity index (χ0n) is 11.4. The maximum absolute atomic E-state index is 11.9. The van der Waals surface area contributed by atoms with Gasteiger partial charge >= 0.3 is 0 Å². The average molecular weight is 240 g/mol. The Bertz CT molecular complexity index is 280. The van der Waals surface area contributed by atoms with Crippen LogP contribution in [0.3, 0.4) is 0 Å². The van der Waals surface area contributed by atoms with Crippen molar-refractivity contribution in [1.29, 1.82) is 0 Å². The van der Waals surface area contributed by atoms with E-state index in [0.717, 1.165) is 12.8 Å². The van der Waals surface area contributed by atoms with E-state index in [4.69, 9.17) is 0 Å². The second kappa shape index (κ2) is 5.63. The number of carbonyl (C=O) groups is 2. The fourth-order valence-electron chi connectivity index (χ4n) is 2.16.